The zero-order valence-corrected chi connectivity index (χ0v) is 16.1. The molecule has 0 aliphatic carbocycles. The van der Waals surface area contributed by atoms with E-state index in [4.69, 9.17) is 14.2 Å². The highest BCUT2D eigenvalue weighted by Gasteiger charge is 2.19. The highest BCUT2D eigenvalue weighted by Crippen LogP contribution is 2.32. The Balaban J connectivity index is 1.32. The van der Waals surface area contributed by atoms with E-state index in [1.54, 1.807) is 24.3 Å². The molecule has 4 rings (SSSR count). The van der Waals surface area contributed by atoms with E-state index in [-0.39, 0.29) is 24.7 Å². The third kappa shape index (κ3) is 4.86. The van der Waals surface area contributed by atoms with E-state index in [2.05, 4.69) is 10.6 Å². The molecule has 29 heavy (non-hydrogen) atoms. The number of aryl methyl sites for hydroxylation is 1. The van der Waals surface area contributed by atoms with Crippen LogP contribution in [0, 0.1) is 0 Å². The van der Waals surface area contributed by atoms with Gasteiger partial charge in [-0.3, -0.25) is 9.59 Å². The Kier molecular flexibility index (Phi) is 5.95. The maximum Gasteiger partial charge on any atom is 0.253 e. The second-order valence-electron chi connectivity index (χ2n) is 7.13. The minimum Gasteiger partial charge on any atom is -0.454 e. The Labute approximate surface area is 169 Å². The van der Waals surface area contributed by atoms with E-state index in [1.165, 1.54) is 0 Å². The number of ether oxygens (including phenoxy) is 3. The van der Waals surface area contributed by atoms with Gasteiger partial charge in [-0.2, -0.15) is 0 Å². The Morgan fingerprint density at radius 1 is 1.07 bits per heavy atom. The number of benzene rings is 2. The summed E-state index contributed by atoms with van der Waals surface area (Å²) in [5, 5.41) is 5.75. The molecule has 2 aliphatic rings. The summed E-state index contributed by atoms with van der Waals surface area (Å²) in [7, 11) is 0. The van der Waals surface area contributed by atoms with E-state index >= 15 is 0 Å². The molecule has 1 fully saturated rings. The summed E-state index contributed by atoms with van der Waals surface area (Å²) < 4.78 is 16.2. The number of hydrogen-bond acceptors (Lipinski definition) is 5. The number of para-hydroxylation sites is 1. The Morgan fingerprint density at radius 2 is 1.93 bits per heavy atom. The van der Waals surface area contributed by atoms with Crippen molar-refractivity contribution in [3.8, 4) is 11.5 Å². The van der Waals surface area contributed by atoms with E-state index in [9.17, 15) is 9.59 Å². The van der Waals surface area contributed by atoms with Gasteiger partial charge in [0.05, 0.1) is 17.4 Å². The lowest BCUT2D eigenvalue weighted by molar-refractivity contribution is -0.116. The fourth-order valence-corrected chi connectivity index (χ4v) is 3.46. The average Bonchev–Trinajstić information content (AvgIpc) is 3.42. The summed E-state index contributed by atoms with van der Waals surface area (Å²) in [6.45, 7) is 1.45. The molecular weight excluding hydrogens is 372 g/mol. The zero-order valence-electron chi connectivity index (χ0n) is 16.1. The van der Waals surface area contributed by atoms with Crippen LogP contribution in [0.15, 0.2) is 42.5 Å². The van der Waals surface area contributed by atoms with Crippen molar-refractivity contribution in [2.75, 3.05) is 25.3 Å². The maximum atomic E-state index is 12.5. The fraction of sp³-hybridized carbons (Fsp3) is 0.364. The van der Waals surface area contributed by atoms with Crippen LogP contribution in [0.5, 0.6) is 11.5 Å². The molecule has 152 valence electrons. The summed E-state index contributed by atoms with van der Waals surface area (Å²) in [5.41, 5.74) is 1.95. The summed E-state index contributed by atoms with van der Waals surface area (Å²) in [5.74, 6) is 1.06. The highest BCUT2D eigenvalue weighted by atomic mass is 16.7. The number of carbonyl (C=O) groups is 2. The van der Waals surface area contributed by atoms with Crippen LogP contribution in [0.3, 0.4) is 0 Å². The first-order valence-corrected chi connectivity index (χ1v) is 9.86. The quantitative estimate of drug-likeness (QED) is 0.752. The standard InChI is InChI=1S/C22H24N2O5/c25-21(10-8-15-7-9-19-20(12-15)29-14-28-19)24-18-6-2-1-5-17(18)22(26)23-13-16-4-3-11-27-16/h1-2,5-7,9,12,16H,3-4,8,10-11,13-14H2,(H,23,26)(H,24,25). The van der Waals surface area contributed by atoms with Crippen LogP contribution in [0.25, 0.3) is 0 Å². The number of rotatable bonds is 7. The van der Waals surface area contributed by atoms with Crippen LogP contribution in [0.1, 0.15) is 35.2 Å². The van der Waals surface area contributed by atoms with Gasteiger partial charge in [0.2, 0.25) is 12.7 Å². The van der Waals surface area contributed by atoms with Crippen molar-refractivity contribution in [2.24, 2.45) is 0 Å². The molecule has 0 saturated carbocycles. The van der Waals surface area contributed by atoms with Gasteiger partial charge in [-0.05, 0) is 49.1 Å². The Bertz CT molecular complexity index is 893. The molecule has 2 heterocycles. The lowest BCUT2D eigenvalue weighted by atomic mass is 10.1. The van der Waals surface area contributed by atoms with E-state index < -0.39 is 0 Å². The van der Waals surface area contributed by atoms with Crippen molar-refractivity contribution in [3.05, 3.63) is 53.6 Å². The predicted octanol–water partition coefficient (Wildman–Crippen LogP) is 2.90. The van der Waals surface area contributed by atoms with Crippen molar-refractivity contribution >= 4 is 17.5 Å². The number of nitrogens with one attached hydrogen (secondary N) is 2. The van der Waals surface area contributed by atoms with Crippen molar-refractivity contribution in [1.29, 1.82) is 0 Å². The number of fused-ring (bicyclic) bond motifs is 1. The number of amides is 2. The lowest BCUT2D eigenvalue weighted by Gasteiger charge is -2.14. The third-order valence-electron chi connectivity index (χ3n) is 5.04. The van der Waals surface area contributed by atoms with Crippen LogP contribution in [0.4, 0.5) is 5.69 Å². The van der Waals surface area contributed by atoms with Crippen LogP contribution < -0.4 is 20.1 Å². The van der Waals surface area contributed by atoms with Gasteiger partial charge in [0.15, 0.2) is 11.5 Å². The first-order valence-electron chi connectivity index (χ1n) is 9.86. The van der Waals surface area contributed by atoms with Crippen LogP contribution in [-0.2, 0) is 16.0 Å². The first kappa shape index (κ1) is 19.3. The molecule has 1 atom stereocenters. The second kappa shape index (κ2) is 8.96. The minimum absolute atomic E-state index is 0.0717. The molecule has 0 aromatic heterocycles. The SMILES string of the molecule is O=C(CCc1ccc2c(c1)OCO2)Nc1ccccc1C(=O)NCC1CCCO1. The summed E-state index contributed by atoms with van der Waals surface area (Å²) in [6, 6.07) is 12.7. The molecular formula is C22H24N2O5. The van der Waals surface area contributed by atoms with Gasteiger partial charge >= 0.3 is 0 Å². The average molecular weight is 396 g/mol. The van der Waals surface area contributed by atoms with Crippen LogP contribution >= 0.6 is 0 Å². The summed E-state index contributed by atoms with van der Waals surface area (Å²) in [4.78, 5) is 25.0. The fourth-order valence-electron chi connectivity index (χ4n) is 3.46. The van der Waals surface area contributed by atoms with Crippen molar-refractivity contribution in [3.63, 3.8) is 0 Å². The molecule has 0 bridgehead atoms. The van der Waals surface area contributed by atoms with Gasteiger partial charge in [-0.1, -0.05) is 18.2 Å². The van der Waals surface area contributed by atoms with Gasteiger partial charge in [0, 0.05) is 19.6 Å². The molecule has 1 saturated heterocycles. The van der Waals surface area contributed by atoms with Gasteiger partial charge < -0.3 is 24.8 Å². The molecule has 7 heteroatoms. The van der Waals surface area contributed by atoms with Crippen molar-refractivity contribution in [1.82, 2.24) is 5.32 Å². The van der Waals surface area contributed by atoms with E-state index in [1.807, 2.05) is 18.2 Å². The molecule has 0 spiro atoms. The summed E-state index contributed by atoms with van der Waals surface area (Å²) in [6.07, 6.45) is 2.92. The van der Waals surface area contributed by atoms with Gasteiger partial charge in [0.25, 0.3) is 5.91 Å². The molecule has 1 unspecified atom stereocenters. The lowest BCUT2D eigenvalue weighted by Crippen LogP contribution is -2.32. The Morgan fingerprint density at radius 3 is 2.79 bits per heavy atom. The molecule has 7 nitrogen and oxygen atoms in total. The largest absolute Gasteiger partial charge is 0.454 e. The van der Waals surface area contributed by atoms with E-state index in [0.29, 0.717) is 36.4 Å². The van der Waals surface area contributed by atoms with Crippen molar-refractivity contribution in [2.45, 2.75) is 31.8 Å². The van der Waals surface area contributed by atoms with Gasteiger partial charge in [-0.15, -0.1) is 0 Å². The molecule has 2 amide bonds. The predicted molar refractivity (Wildman–Crippen MR) is 107 cm³/mol. The van der Waals surface area contributed by atoms with Gasteiger partial charge in [0.1, 0.15) is 0 Å². The first-order chi connectivity index (χ1) is 14.2. The monoisotopic (exact) mass is 396 g/mol. The molecule has 2 aliphatic heterocycles. The third-order valence-corrected chi connectivity index (χ3v) is 5.04. The summed E-state index contributed by atoms with van der Waals surface area (Å²) >= 11 is 0. The molecule has 2 aromatic carbocycles. The van der Waals surface area contributed by atoms with E-state index in [0.717, 1.165) is 30.8 Å². The molecule has 0 radical (unpaired) electrons. The highest BCUT2D eigenvalue weighted by molar-refractivity contribution is 6.03. The molecule has 2 aromatic rings. The van der Waals surface area contributed by atoms with Gasteiger partial charge in [-0.25, -0.2) is 0 Å². The normalized spacial score (nSPS) is 17.2. The van der Waals surface area contributed by atoms with Crippen molar-refractivity contribution < 1.29 is 23.8 Å². The Hall–Kier alpha value is -3.06. The van der Waals surface area contributed by atoms with Crippen LogP contribution in [0.2, 0.25) is 0 Å². The zero-order chi connectivity index (χ0) is 20.1. The number of carbonyl (C=O) groups excluding carboxylic acids is 2. The maximum absolute atomic E-state index is 12.5. The number of anilines is 1. The molecule has 2 N–H and O–H groups in total. The topological polar surface area (TPSA) is 85.9 Å². The number of hydrogen-bond donors (Lipinski definition) is 2. The minimum atomic E-state index is -0.216. The van der Waals surface area contributed by atoms with Crippen LogP contribution in [-0.4, -0.2) is 37.9 Å². The second-order valence-corrected chi connectivity index (χ2v) is 7.13. The smallest absolute Gasteiger partial charge is 0.253 e.